The molecule has 5 atom stereocenters. The lowest BCUT2D eigenvalue weighted by atomic mass is 9.81. The van der Waals surface area contributed by atoms with Gasteiger partial charge in [-0.05, 0) is 56.3 Å². The van der Waals surface area contributed by atoms with Gasteiger partial charge in [-0.3, -0.25) is 9.59 Å². The molecule has 1 unspecified atom stereocenters. The Kier molecular flexibility index (Phi) is 12.5. The predicted octanol–water partition coefficient (Wildman–Crippen LogP) is 6.80. The molecule has 0 radical (unpaired) electrons. The summed E-state index contributed by atoms with van der Waals surface area (Å²) in [6.07, 6.45) is 18.5. The number of methoxy groups -OCH3 is 1. The standard InChI is InChI=1S/C29H48O5/c1-6-7-18-29(3,4)19-17-25(34-27-16-12-13-20-33-27)28-22(2)21-24(30)23(28)14-10-8-9-11-15-26(31)32-5/h8,10,17,19,22-23,25,27-28H,6-7,9,11-16,18,20-21H2,1-5H3/b10-8-,19-17+/t22-,23+,25+,27?,28+/m1/s1. The molecular formula is C29H48O5. The Morgan fingerprint density at radius 2 is 2.03 bits per heavy atom. The largest absolute Gasteiger partial charge is 0.469 e. The molecule has 0 N–H and O–H groups in total. The number of ketones is 1. The maximum Gasteiger partial charge on any atom is 0.305 e. The van der Waals surface area contributed by atoms with Crippen molar-refractivity contribution in [3.63, 3.8) is 0 Å². The molecule has 1 aliphatic heterocycles. The summed E-state index contributed by atoms with van der Waals surface area (Å²) in [5.74, 6) is 0.558. The zero-order valence-electron chi connectivity index (χ0n) is 22.2. The van der Waals surface area contributed by atoms with Crippen molar-refractivity contribution in [1.82, 2.24) is 0 Å². The Morgan fingerprint density at radius 1 is 1.24 bits per heavy atom. The van der Waals surface area contributed by atoms with Crippen molar-refractivity contribution in [3.05, 3.63) is 24.3 Å². The van der Waals surface area contributed by atoms with Crippen molar-refractivity contribution >= 4 is 11.8 Å². The van der Waals surface area contributed by atoms with Gasteiger partial charge in [0.1, 0.15) is 5.78 Å². The summed E-state index contributed by atoms with van der Waals surface area (Å²) < 4.78 is 17.2. The third kappa shape index (κ3) is 9.65. The van der Waals surface area contributed by atoms with Crippen molar-refractivity contribution in [2.75, 3.05) is 13.7 Å². The third-order valence-corrected chi connectivity index (χ3v) is 7.33. The van der Waals surface area contributed by atoms with Crippen LogP contribution >= 0.6 is 0 Å². The fraction of sp³-hybridized carbons (Fsp3) is 0.793. The average molecular weight is 477 g/mol. The maximum absolute atomic E-state index is 13.0. The molecule has 0 spiro atoms. The van der Waals surface area contributed by atoms with Gasteiger partial charge in [0.05, 0.1) is 13.2 Å². The molecule has 1 saturated heterocycles. The average Bonchev–Trinajstić information content (AvgIpc) is 3.10. The van der Waals surface area contributed by atoms with Gasteiger partial charge in [0.15, 0.2) is 6.29 Å². The van der Waals surface area contributed by atoms with Crippen LogP contribution in [-0.2, 0) is 23.8 Å². The van der Waals surface area contributed by atoms with Gasteiger partial charge in [-0.2, -0.15) is 0 Å². The summed E-state index contributed by atoms with van der Waals surface area (Å²) in [6, 6.07) is 0. The number of carbonyl (C=O) groups is 2. The number of rotatable bonds is 14. The Labute approximate surface area is 207 Å². The van der Waals surface area contributed by atoms with E-state index in [0.717, 1.165) is 51.6 Å². The second kappa shape index (κ2) is 14.8. The Hall–Kier alpha value is -1.46. The van der Waals surface area contributed by atoms with E-state index in [1.807, 2.05) is 0 Å². The van der Waals surface area contributed by atoms with E-state index >= 15 is 0 Å². The number of hydrogen-bond donors (Lipinski definition) is 0. The quantitative estimate of drug-likeness (QED) is 0.157. The fourth-order valence-corrected chi connectivity index (χ4v) is 5.21. The zero-order valence-corrected chi connectivity index (χ0v) is 22.2. The number of hydrogen-bond acceptors (Lipinski definition) is 5. The molecule has 1 saturated carbocycles. The molecule has 0 amide bonds. The Bertz CT molecular complexity index is 674. The fourth-order valence-electron chi connectivity index (χ4n) is 5.21. The van der Waals surface area contributed by atoms with E-state index in [4.69, 9.17) is 14.2 Å². The van der Waals surface area contributed by atoms with E-state index in [0.29, 0.717) is 18.6 Å². The van der Waals surface area contributed by atoms with Gasteiger partial charge in [-0.1, -0.05) is 64.8 Å². The van der Waals surface area contributed by atoms with Crippen molar-refractivity contribution in [3.8, 4) is 0 Å². The molecule has 5 heteroatoms. The van der Waals surface area contributed by atoms with Crippen molar-refractivity contribution in [2.24, 2.45) is 23.2 Å². The maximum atomic E-state index is 13.0. The second-order valence-electron chi connectivity index (χ2n) is 10.9. The number of Topliss-reactive ketones (excluding diaryl/α,β-unsaturated/α-hetero) is 1. The number of unbranched alkanes of at least 4 members (excludes halogenated alkanes) is 2. The SMILES string of the molecule is CCCCC(C)(C)/C=C/[C@H](OC1CCCCO1)[C@H]1[C@H](C)CC(=O)[C@@H]1C/C=C\CCCC(=O)OC. The molecule has 0 aromatic rings. The molecule has 0 bridgehead atoms. The first-order chi connectivity index (χ1) is 16.3. The van der Waals surface area contributed by atoms with Crippen LogP contribution in [0.15, 0.2) is 24.3 Å². The molecule has 2 aliphatic rings. The van der Waals surface area contributed by atoms with Gasteiger partial charge in [0, 0.05) is 31.3 Å². The predicted molar refractivity (Wildman–Crippen MR) is 136 cm³/mol. The summed E-state index contributed by atoms with van der Waals surface area (Å²) in [7, 11) is 1.42. The molecular weight excluding hydrogens is 428 g/mol. The van der Waals surface area contributed by atoms with Gasteiger partial charge < -0.3 is 14.2 Å². The van der Waals surface area contributed by atoms with Gasteiger partial charge >= 0.3 is 5.97 Å². The zero-order chi connectivity index (χ0) is 25.0. The second-order valence-corrected chi connectivity index (χ2v) is 10.9. The summed E-state index contributed by atoms with van der Waals surface area (Å²) in [5, 5.41) is 0. The highest BCUT2D eigenvalue weighted by molar-refractivity contribution is 5.84. The molecule has 0 aromatic heterocycles. The van der Waals surface area contributed by atoms with E-state index in [-0.39, 0.29) is 41.5 Å². The van der Waals surface area contributed by atoms with Gasteiger partial charge in [-0.25, -0.2) is 0 Å². The number of carbonyl (C=O) groups excluding carboxylic acids is 2. The van der Waals surface area contributed by atoms with Crippen LogP contribution in [0.4, 0.5) is 0 Å². The van der Waals surface area contributed by atoms with Crippen LogP contribution in [0.1, 0.15) is 98.3 Å². The van der Waals surface area contributed by atoms with Crippen LogP contribution in [0.25, 0.3) is 0 Å². The first kappa shape index (κ1) is 28.8. The highest BCUT2D eigenvalue weighted by Gasteiger charge is 2.44. The number of esters is 1. The molecule has 5 nitrogen and oxygen atoms in total. The Balaban J connectivity index is 2.10. The van der Waals surface area contributed by atoms with E-state index < -0.39 is 0 Å². The first-order valence-electron chi connectivity index (χ1n) is 13.5. The van der Waals surface area contributed by atoms with Crippen molar-refractivity contribution in [1.29, 1.82) is 0 Å². The van der Waals surface area contributed by atoms with Crippen LogP contribution in [-0.4, -0.2) is 37.9 Å². The minimum Gasteiger partial charge on any atom is -0.469 e. The number of allylic oxidation sites excluding steroid dienone is 3. The lowest BCUT2D eigenvalue weighted by molar-refractivity contribution is -0.192. The van der Waals surface area contributed by atoms with Gasteiger partial charge in [0.25, 0.3) is 0 Å². The Morgan fingerprint density at radius 3 is 2.71 bits per heavy atom. The summed E-state index contributed by atoms with van der Waals surface area (Å²) in [4.78, 5) is 24.3. The minimum absolute atomic E-state index is 0.0381. The highest BCUT2D eigenvalue weighted by atomic mass is 16.7. The summed E-state index contributed by atoms with van der Waals surface area (Å²) >= 11 is 0. The van der Waals surface area contributed by atoms with Crippen LogP contribution in [0.2, 0.25) is 0 Å². The molecule has 1 heterocycles. The van der Waals surface area contributed by atoms with E-state index in [2.05, 4.69) is 52.0 Å². The smallest absolute Gasteiger partial charge is 0.305 e. The van der Waals surface area contributed by atoms with Crippen molar-refractivity contribution < 1.29 is 23.8 Å². The van der Waals surface area contributed by atoms with E-state index in [9.17, 15) is 9.59 Å². The topological polar surface area (TPSA) is 61.8 Å². The van der Waals surface area contributed by atoms with E-state index in [1.54, 1.807) is 0 Å². The van der Waals surface area contributed by atoms with Crippen LogP contribution in [0.5, 0.6) is 0 Å². The van der Waals surface area contributed by atoms with Crippen LogP contribution in [0, 0.1) is 23.2 Å². The lowest BCUT2D eigenvalue weighted by Gasteiger charge is -2.34. The number of ether oxygens (including phenoxy) is 3. The monoisotopic (exact) mass is 476 g/mol. The minimum atomic E-state index is -0.181. The molecule has 1 aliphatic carbocycles. The summed E-state index contributed by atoms with van der Waals surface area (Å²) in [6.45, 7) is 9.73. The van der Waals surface area contributed by atoms with Crippen molar-refractivity contribution in [2.45, 2.75) is 111 Å². The molecule has 194 valence electrons. The third-order valence-electron chi connectivity index (χ3n) is 7.33. The summed E-state index contributed by atoms with van der Waals surface area (Å²) in [5.41, 5.74) is 0.103. The molecule has 0 aromatic carbocycles. The highest BCUT2D eigenvalue weighted by Crippen LogP contribution is 2.41. The molecule has 2 fully saturated rings. The lowest BCUT2D eigenvalue weighted by Crippen LogP contribution is -2.36. The first-order valence-corrected chi connectivity index (χ1v) is 13.5. The normalized spacial score (nSPS) is 27.0. The van der Waals surface area contributed by atoms with Crippen LogP contribution < -0.4 is 0 Å². The van der Waals surface area contributed by atoms with Crippen LogP contribution in [0.3, 0.4) is 0 Å². The molecule has 34 heavy (non-hydrogen) atoms. The molecule has 2 rings (SSSR count). The van der Waals surface area contributed by atoms with Gasteiger partial charge in [-0.15, -0.1) is 0 Å². The van der Waals surface area contributed by atoms with Gasteiger partial charge in [0.2, 0.25) is 0 Å². The van der Waals surface area contributed by atoms with E-state index in [1.165, 1.54) is 20.0 Å².